The van der Waals surface area contributed by atoms with Gasteiger partial charge in [-0.15, -0.1) is 0 Å². The fourth-order valence-electron chi connectivity index (χ4n) is 4.77. The molecule has 0 saturated heterocycles. The Morgan fingerprint density at radius 3 is 2.53 bits per heavy atom. The predicted octanol–water partition coefficient (Wildman–Crippen LogP) is 6.81. The lowest BCUT2D eigenvalue weighted by Crippen LogP contribution is -2.29. The summed E-state index contributed by atoms with van der Waals surface area (Å²) in [6.07, 6.45) is 0. The molecule has 36 heavy (non-hydrogen) atoms. The van der Waals surface area contributed by atoms with Gasteiger partial charge in [-0.1, -0.05) is 70.0 Å². The molecule has 1 aliphatic heterocycles. The smallest absolute Gasteiger partial charge is 0.336 e. The molecule has 182 valence electrons. The number of hydrogen-bond acceptors (Lipinski definition) is 5. The van der Waals surface area contributed by atoms with Crippen molar-refractivity contribution in [2.24, 2.45) is 0 Å². The van der Waals surface area contributed by atoms with Gasteiger partial charge in [0.15, 0.2) is 5.78 Å². The molecule has 0 fully saturated rings. The number of carbonyl (C=O) groups is 2. The highest BCUT2D eigenvalue weighted by atomic mass is 79.9. The second-order valence-electron chi connectivity index (χ2n) is 8.54. The van der Waals surface area contributed by atoms with E-state index in [0.717, 1.165) is 15.6 Å². The van der Waals surface area contributed by atoms with Crippen LogP contribution in [0.3, 0.4) is 0 Å². The van der Waals surface area contributed by atoms with Gasteiger partial charge in [0.25, 0.3) is 0 Å². The van der Waals surface area contributed by atoms with Gasteiger partial charge in [0, 0.05) is 43.0 Å². The minimum atomic E-state index is -0.682. The third kappa shape index (κ3) is 4.25. The van der Waals surface area contributed by atoms with E-state index in [1.54, 1.807) is 6.92 Å². The van der Waals surface area contributed by atoms with Crippen LogP contribution in [0.4, 0.5) is 0 Å². The van der Waals surface area contributed by atoms with Crippen molar-refractivity contribution >= 4 is 45.0 Å². The molecule has 1 atom stereocenters. The number of hydrogen-bond donors (Lipinski definition) is 1. The Morgan fingerprint density at radius 1 is 1.06 bits per heavy atom. The normalized spacial score (nSPS) is 16.4. The Morgan fingerprint density at radius 2 is 1.78 bits per heavy atom. The quantitative estimate of drug-likeness (QED) is 0.333. The van der Waals surface area contributed by atoms with Crippen LogP contribution in [0.2, 0.25) is 5.02 Å². The van der Waals surface area contributed by atoms with E-state index in [0.29, 0.717) is 44.4 Å². The zero-order valence-electron chi connectivity index (χ0n) is 19.7. The van der Waals surface area contributed by atoms with E-state index in [1.807, 2.05) is 73.7 Å². The molecule has 0 radical (unpaired) electrons. The average molecular weight is 565 g/mol. The highest BCUT2D eigenvalue weighted by Gasteiger charge is 2.44. The molecule has 3 aromatic rings. The van der Waals surface area contributed by atoms with E-state index in [-0.39, 0.29) is 19.0 Å². The second-order valence-corrected chi connectivity index (χ2v) is 9.87. The topological polar surface area (TPSA) is 64.6 Å². The highest BCUT2D eigenvalue weighted by Crippen LogP contribution is 2.49. The van der Waals surface area contributed by atoms with Crippen molar-refractivity contribution in [2.75, 3.05) is 6.61 Å². The number of nitrogens with one attached hydrogen (secondary N) is 1. The maximum absolute atomic E-state index is 13.7. The Labute approximate surface area is 222 Å². The number of ether oxygens (including phenoxy) is 2. The number of dihydropyridines is 1. The fourth-order valence-corrected chi connectivity index (χ4v) is 5.34. The molecule has 1 aliphatic carbocycles. The van der Waals surface area contributed by atoms with E-state index in [4.69, 9.17) is 21.1 Å². The predicted molar refractivity (Wildman–Crippen MR) is 143 cm³/mol. The maximum atomic E-state index is 13.7. The van der Waals surface area contributed by atoms with E-state index in [9.17, 15) is 9.59 Å². The molecule has 3 aromatic carbocycles. The Kier molecular flexibility index (Phi) is 6.73. The van der Waals surface area contributed by atoms with Crippen LogP contribution in [-0.2, 0) is 16.1 Å². The van der Waals surface area contributed by atoms with E-state index in [1.165, 1.54) is 0 Å². The lowest BCUT2D eigenvalue weighted by molar-refractivity contribution is -0.138. The molecule has 0 bridgehead atoms. The fraction of sp³-hybridized carbons (Fsp3) is 0.172. The Balaban J connectivity index is 1.66. The number of fused-ring (bicyclic) bond motifs is 2. The molecule has 0 aromatic heterocycles. The molecule has 7 heteroatoms. The van der Waals surface area contributed by atoms with E-state index in [2.05, 4.69) is 21.2 Å². The molecule has 0 saturated carbocycles. The zero-order chi connectivity index (χ0) is 25.4. The van der Waals surface area contributed by atoms with Gasteiger partial charge < -0.3 is 14.8 Å². The van der Waals surface area contributed by atoms with Gasteiger partial charge >= 0.3 is 5.97 Å². The number of carbonyl (C=O) groups excluding carboxylic acids is 2. The first-order chi connectivity index (χ1) is 17.4. The molecule has 5 rings (SSSR count). The van der Waals surface area contributed by atoms with Crippen LogP contribution in [0.25, 0.3) is 5.70 Å². The van der Waals surface area contributed by atoms with Crippen LogP contribution >= 0.6 is 27.5 Å². The summed E-state index contributed by atoms with van der Waals surface area (Å²) in [6.45, 7) is 4.04. The lowest BCUT2D eigenvalue weighted by Gasteiger charge is -2.30. The number of Topliss-reactive ketones (excluding diaryl/α,β-unsaturated/α-hetero) is 1. The Hall–Kier alpha value is -3.35. The molecule has 0 unspecified atom stereocenters. The monoisotopic (exact) mass is 563 g/mol. The van der Waals surface area contributed by atoms with Crippen LogP contribution in [0.5, 0.6) is 5.75 Å². The Bertz CT molecular complexity index is 1460. The minimum Gasteiger partial charge on any atom is -0.489 e. The standard InChI is InChI=1S/C29H23BrClNO4/c1-3-35-29(34)24-16(2)32-27-19-9-5-6-10-20(19)28(33)26(27)25(24)21-14-18(30)12-13-23(21)36-15-17-8-4-7-11-22(17)31/h4-14,25,32H,3,15H2,1-2H3/t25-/m1/s1. The first-order valence-corrected chi connectivity index (χ1v) is 12.8. The van der Waals surface area contributed by atoms with Gasteiger partial charge in [-0.05, 0) is 38.1 Å². The second kappa shape index (κ2) is 9.96. The van der Waals surface area contributed by atoms with Gasteiger partial charge in [0.05, 0.1) is 23.8 Å². The maximum Gasteiger partial charge on any atom is 0.336 e. The number of rotatable bonds is 6. The van der Waals surface area contributed by atoms with Crippen molar-refractivity contribution < 1.29 is 19.1 Å². The minimum absolute atomic E-state index is 0.121. The number of esters is 1. The number of halogens is 2. The summed E-state index contributed by atoms with van der Waals surface area (Å²) in [4.78, 5) is 27.0. The van der Waals surface area contributed by atoms with E-state index < -0.39 is 11.9 Å². The summed E-state index contributed by atoms with van der Waals surface area (Å²) < 4.78 is 12.5. The van der Waals surface area contributed by atoms with Crippen molar-refractivity contribution in [1.29, 1.82) is 0 Å². The third-order valence-electron chi connectivity index (χ3n) is 6.37. The van der Waals surface area contributed by atoms with Crippen LogP contribution in [0.1, 0.15) is 46.8 Å². The number of ketones is 1. The summed E-state index contributed by atoms with van der Waals surface area (Å²) in [6, 6.07) is 20.5. The van der Waals surface area contributed by atoms with Crippen molar-refractivity contribution in [3.8, 4) is 5.75 Å². The first-order valence-electron chi connectivity index (χ1n) is 11.6. The molecular weight excluding hydrogens is 542 g/mol. The van der Waals surface area contributed by atoms with Crippen molar-refractivity contribution in [2.45, 2.75) is 26.4 Å². The van der Waals surface area contributed by atoms with Gasteiger partial charge in [0.1, 0.15) is 12.4 Å². The SMILES string of the molecule is CCOC(=O)C1=C(C)NC2=C(C(=O)c3ccccc32)[C@@H]1c1cc(Br)ccc1OCc1ccccc1Cl. The molecule has 1 N–H and O–H groups in total. The largest absolute Gasteiger partial charge is 0.489 e. The van der Waals surface area contributed by atoms with Gasteiger partial charge in [0.2, 0.25) is 0 Å². The molecule has 2 aliphatic rings. The number of benzene rings is 3. The number of allylic oxidation sites excluding steroid dienone is 2. The average Bonchev–Trinajstić information content (AvgIpc) is 3.15. The summed E-state index contributed by atoms with van der Waals surface area (Å²) in [5, 5.41) is 3.93. The van der Waals surface area contributed by atoms with Crippen molar-refractivity contribution in [1.82, 2.24) is 5.32 Å². The zero-order valence-corrected chi connectivity index (χ0v) is 22.1. The summed E-state index contributed by atoms with van der Waals surface area (Å²) >= 11 is 9.91. The van der Waals surface area contributed by atoms with E-state index >= 15 is 0 Å². The van der Waals surface area contributed by atoms with Gasteiger partial charge in [-0.3, -0.25) is 4.79 Å². The molecule has 1 heterocycles. The lowest BCUT2D eigenvalue weighted by atomic mass is 9.79. The molecule has 5 nitrogen and oxygen atoms in total. The van der Waals surface area contributed by atoms with Crippen LogP contribution < -0.4 is 10.1 Å². The van der Waals surface area contributed by atoms with Crippen LogP contribution in [0.15, 0.2) is 88.0 Å². The summed E-state index contributed by atoms with van der Waals surface area (Å²) in [5.41, 5.74) is 5.18. The highest BCUT2D eigenvalue weighted by molar-refractivity contribution is 9.10. The summed E-state index contributed by atoms with van der Waals surface area (Å²) in [5.74, 6) is -0.724. The first kappa shape index (κ1) is 24.3. The third-order valence-corrected chi connectivity index (χ3v) is 7.23. The van der Waals surface area contributed by atoms with Crippen LogP contribution in [0, 0.1) is 0 Å². The van der Waals surface area contributed by atoms with Gasteiger partial charge in [-0.25, -0.2) is 4.79 Å². The summed E-state index contributed by atoms with van der Waals surface area (Å²) in [7, 11) is 0. The molecular formula is C29H23BrClNO4. The van der Waals surface area contributed by atoms with Crippen LogP contribution in [-0.4, -0.2) is 18.4 Å². The van der Waals surface area contributed by atoms with Gasteiger partial charge in [-0.2, -0.15) is 0 Å². The van der Waals surface area contributed by atoms with Crippen molar-refractivity contribution in [3.05, 3.63) is 115 Å². The molecule has 0 amide bonds. The van der Waals surface area contributed by atoms with Crippen molar-refractivity contribution in [3.63, 3.8) is 0 Å². The molecule has 0 spiro atoms.